The van der Waals surface area contributed by atoms with Gasteiger partial charge in [-0.1, -0.05) is 29.8 Å². The molecule has 4 heterocycles. The fraction of sp³-hybridized carbons (Fsp3) is 0.423. The maximum absolute atomic E-state index is 15.1. The van der Waals surface area contributed by atoms with Crippen molar-refractivity contribution >= 4 is 46.5 Å². The number of aliphatic hydroxyl groups excluding tert-OH is 1. The molecule has 1 unspecified atom stereocenters. The van der Waals surface area contributed by atoms with Crippen molar-refractivity contribution in [2.45, 2.75) is 38.0 Å². The van der Waals surface area contributed by atoms with E-state index >= 15 is 4.39 Å². The Labute approximate surface area is 229 Å². The molecular weight excluding hydrogens is 536 g/mol. The number of rotatable bonds is 3. The third-order valence-electron chi connectivity index (χ3n) is 7.43. The monoisotopic (exact) mass is 563 g/mol. The van der Waals surface area contributed by atoms with Crippen molar-refractivity contribution in [3.8, 4) is 17.0 Å². The summed E-state index contributed by atoms with van der Waals surface area (Å²) in [5.74, 6) is -1.05. The number of β-amino-alcohol motifs (C(OH)–C–C–N with tert-alkyl or cyclic N) is 1. The highest BCUT2D eigenvalue weighted by molar-refractivity contribution is 6.37. The summed E-state index contributed by atoms with van der Waals surface area (Å²) in [6.07, 6.45) is 0.993. The Morgan fingerprint density at radius 1 is 1.29 bits per heavy atom. The van der Waals surface area contributed by atoms with Crippen LogP contribution < -0.4 is 15.4 Å². The summed E-state index contributed by atoms with van der Waals surface area (Å²) in [6, 6.07) is 2.05. The second kappa shape index (κ2) is 9.59. The molecule has 1 aromatic heterocycles. The van der Waals surface area contributed by atoms with Crippen molar-refractivity contribution in [2.24, 2.45) is 0 Å². The number of ether oxygens (including phenoxy) is 1. The van der Waals surface area contributed by atoms with E-state index in [4.69, 9.17) is 38.7 Å². The highest BCUT2D eigenvalue weighted by Crippen LogP contribution is 2.48. The van der Waals surface area contributed by atoms with Crippen LogP contribution in [0.3, 0.4) is 0 Å². The maximum Gasteiger partial charge on any atom is 0.261 e. The van der Waals surface area contributed by atoms with Crippen molar-refractivity contribution < 1.29 is 23.8 Å². The molecule has 9 nitrogen and oxygen atoms in total. The van der Waals surface area contributed by atoms with E-state index in [1.54, 1.807) is 9.80 Å². The molecule has 12 heteroatoms. The number of nitrogens with zero attached hydrogens (tertiary/aromatic N) is 4. The van der Waals surface area contributed by atoms with Crippen LogP contribution in [0.25, 0.3) is 11.3 Å². The number of nitrogen functional groups attached to an aromatic ring is 1. The Balaban J connectivity index is 1.71. The van der Waals surface area contributed by atoms with Crippen LogP contribution in [0.1, 0.15) is 30.6 Å². The van der Waals surface area contributed by atoms with Crippen LogP contribution in [-0.2, 0) is 4.79 Å². The van der Waals surface area contributed by atoms with Crippen molar-refractivity contribution in [2.75, 3.05) is 43.4 Å². The molecule has 3 aliphatic heterocycles. The number of halogens is 3. The predicted octanol–water partition coefficient (Wildman–Crippen LogP) is 3.36. The molecule has 0 saturated carbocycles. The highest BCUT2D eigenvalue weighted by atomic mass is 35.5. The van der Waals surface area contributed by atoms with Gasteiger partial charge in [-0.25, -0.2) is 9.37 Å². The average molecular weight is 564 g/mol. The molecule has 38 heavy (non-hydrogen) atoms. The molecule has 3 N–H and O–H groups in total. The van der Waals surface area contributed by atoms with Gasteiger partial charge in [0.2, 0.25) is 5.91 Å². The standard InChI is InChI=1S/C26H28Cl2FN5O4/c1-4-17(36)32-7-8-33-13(10-32)12-38-23-19(25(33)37)24(34-11-14(35)9-26(34,2)3)31-22(20(23)28)18-16(29)6-5-15(27)21(18)30/h4-6,13-14,35H,1,7-12,30H2,2-3H3/t13-,14?/m1/s1. The SMILES string of the molecule is C=CC(=O)N1CCN2C(=O)c3c(N4CC(O)CC4(C)C)nc(-c4c(F)ccc(Cl)c4N)c(Cl)c3OC[C@H]2C1. The Kier molecular flexibility index (Phi) is 6.69. The first-order valence-corrected chi connectivity index (χ1v) is 13.0. The summed E-state index contributed by atoms with van der Waals surface area (Å²) in [5.41, 5.74) is 5.51. The van der Waals surface area contributed by atoms with Gasteiger partial charge in [-0.15, -0.1) is 0 Å². The fourth-order valence-corrected chi connectivity index (χ4v) is 5.97. The van der Waals surface area contributed by atoms with E-state index in [0.717, 1.165) is 0 Å². The Hall–Kier alpha value is -3.08. The Morgan fingerprint density at radius 2 is 2.03 bits per heavy atom. The number of aromatic nitrogens is 1. The van der Waals surface area contributed by atoms with Gasteiger partial charge in [0.1, 0.15) is 34.5 Å². The molecule has 2 saturated heterocycles. The summed E-state index contributed by atoms with van der Waals surface area (Å²) in [7, 11) is 0. The molecule has 2 amide bonds. The molecular formula is C26H28Cl2FN5O4. The van der Waals surface area contributed by atoms with E-state index < -0.39 is 23.5 Å². The summed E-state index contributed by atoms with van der Waals surface area (Å²) < 4.78 is 21.3. The molecule has 2 aromatic rings. The number of hydrogen-bond acceptors (Lipinski definition) is 7. The van der Waals surface area contributed by atoms with Gasteiger partial charge in [0.25, 0.3) is 5.91 Å². The molecule has 0 bridgehead atoms. The second-order valence-electron chi connectivity index (χ2n) is 10.4. The van der Waals surface area contributed by atoms with Crippen molar-refractivity contribution in [1.82, 2.24) is 14.8 Å². The predicted molar refractivity (Wildman–Crippen MR) is 143 cm³/mol. The quantitative estimate of drug-likeness (QED) is 0.435. The number of hydrogen-bond donors (Lipinski definition) is 2. The summed E-state index contributed by atoms with van der Waals surface area (Å²) >= 11 is 13.0. The zero-order valence-electron chi connectivity index (χ0n) is 21.0. The van der Waals surface area contributed by atoms with Gasteiger partial charge in [-0.05, 0) is 38.5 Å². The number of aliphatic hydroxyl groups is 1. The first-order chi connectivity index (χ1) is 17.9. The molecule has 2 atom stereocenters. The van der Waals surface area contributed by atoms with Gasteiger partial charge in [-0.3, -0.25) is 9.59 Å². The van der Waals surface area contributed by atoms with Crippen molar-refractivity contribution in [1.29, 1.82) is 0 Å². The molecule has 0 aliphatic carbocycles. The number of anilines is 2. The number of benzene rings is 1. The van der Waals surface area contributed by atoms with Gasteiger partial charge < -0.3 is 30.3 Å². The maximum atomic E-state index is 15.1. The highest BCUT2D eigenvalue weighted by Gasteiger charge is 2.45. The first kappa shape index (κ1) is 26.5. The fourth-order valence-electron chi connectivity index (χ4n) is 5.53. The van der Waals surface area contributed by atoms with Crippen LogP contribution in [0.4, 0.5) is 15.9 Å². The van der Waals surface area contributed by atoms with E-state index in [9.17, 15) is 14.7 Å². The number of nitrogens with two attached hydrogens (primary N) is 1. The number of carbonyl (C=O) groups excluding carboxylic acids is 2. The summed E-state index contributed by atoms with van der Waals surface area (Å²) in [5, 5.41) is 10.6. The van der Waals surface area contributed by atoms with Gasteiger partial charge in [0.15, 0.2) is 5.75 Å². The van der Waals surface area contributed by atoms with Gasteiger partial charge in [0.05, 0.1) is 28.4 Å². The number of pyridine rings is 1. The van der Waals surface area contributed by atoms with Crippen LogP contribution >= 0.6 is 23.2 Å². The number of piperazine rings is 1. The molecule has 2 fully saturated rings. The third-order valence-corrected chi connectivity index (χ3v) is 8.11. The lowest BCUT2D eigenvalue weighted by atomic mass is 9.99. The lowest BCUT2D eigenvalue weighted by molar-refractivity contribution is -0.128. The van der Waals surface area contributed by atoms with Gasteiger partial charge in [-0.2, -0.15) is 0 Å². The smallest absolute Gasteiger partial charge is 0.261 e. The lowest BCUT2D eigenvalue weighted by Gasteiger charge is -2.40. The molecule has 202 valence electrons. The zero-order chi connectivity index (χ0) is 27.5. The largest absolute Gasteiger partial charge is 0.489 e. The topological polar surface area (TPSA) is 112 Å². The van der Waals surface area contributed by atoms with E-state index in [0.29, 0.717) is 13.0 Å². The van der Waals surface area contributed by atoms with Crippen molar-refractivity contribution in [3.63, 3.8) is 0 Å². The molecule has 1 aromatic carbocycles. The molecule has 0 radical (unpaired) electrons. The second-order valence-corrected chi connectivity index (χ2v) is 11.1. The average Bonchev–Trinajstić information content (AvgIpc) is 3.06. The van der Waals surface area contributed by atoms with E-state index in [1.807, 2.05) is 18.7 Å². The summed E-state index contributed by atoms with van der Waals surface area (Å²) in [6.45, 7) is 8.48. The normalized spacial score (nSPS) is 22.5. The van der Waals surface area contributed by atoms with Crippen LogP contribution in [0.5, 0.6) is 5.75 Å². The lowest BCUT2D eigenvalue weighted by Crippen LogP contribution is -2.57. The van der Waals surface area contributed by atoms with E-state index in [1.165, 1.54) is 18.2 Å². The molecule has 5 rings (SSSR count). The minimum absolute atomic E-state index is 0.0220. The van der Waals surface area contributed by atoms with E-state index in [2.05, 4.69) is 6.58 Å². The summed E-state index contributed by atoms with van der Waals surface area (Å²) in [4.78, 5) is 36.1. The Morgan fingerprint density at radius 3 is 2.68 bits per heavy atom. The molecule has 0 spiro atoms. The van der Waals surface area contributed by atoms with Crippen molar-refractivity contribution in [3.05, 3.63) is 46.2 Å². The minimum atomic E-state index is -0.691. The number of fused-ring (bicyclic) bond motifs is 2. The third kappa shape index (κ3) is 4.24. The number of carbonyl (C=O) groups is 2. The van der Waals surface area contributed by atoms with Gasteiger partial charge >= 0.3 is 0 Å². The van der Waals surface area contributed by atoms with Crippen LogP contribution in [-0.4, -0.2) is 82.2 Å². The van der Waals surface area contributed by atoms with Crippen LogP contribution in [0, 0.1) is 5.82 Å². The zero-order valence-corrected chi connectivity index (χ0v) is 22.5. The van der Waals surface area contributed by atoms with Crippen LogP contribution in [0.15, 0.2) is 24.8 Å². The molecule has 3 aliphatic rings. The number of amides is 2. The van der Waals surface area contributed by atoms with E-state index in [-0.39, 0.29) is 82.2 Å². The Bertz CT molecular complexity index is 1350. The van der Waals surface area contributed by atoms with Gasteiger partial charge in [0, 0.05) is 31.7 Å². The minimum Gasteiger partial charge on any atom is -0.489 e. The van der Waals surface area contributed by atoms with Crippen LogP contribution in [0.2, 0.25) is 10.0 Å². The first-order valence-electron chi connectivity index (χ1n) is 12.2.